The number of carbonyl (C=O) groups is 1. The minimum absolute atomic E-state index is 0.479. The molecule has 0 aliphatic carbocycles. The number of rotatable bonds is 17. The van der Waals surface area contributed by atoms with Gasteiger partial charge in [0.25, 0.3) is 8.32 Å². The molecular weight excluding hydrogens is 336 g/mol. The number of hydrogen-bond donors (Lipinski definition) is 0. The SMILES string of the molecule is CCCCCCCCCCCCCCCCCC(=O)[Si]1(C)CCCCO1. The molecular formula is C23H46O2Si. The Bertz CT molecular complexity index is 337. The average molecular weight is 383 g/mol. The summed E-state index contributed by atoms with van der Waals surface area (Å²) in [6.45, 7) is 5.25. The van der Waals surface area contributed by atoms with E-state index in [2.05, 4.69) is 13.5 Å². The van der Waals surface area contributed by atoms with E-state index in [1.165, 1.54) is 96.3 Å². The van der Waals surface area contributed by atoms with Crippen LogP contribution in [-0.2, 0) is 9.22 Å². The van der Waals surface area contributed by atoms with Gasteiger partial charge >= 0.3 is 0 Å². The molecule has 0 N–H and O–H groups in total. The summed E-state index contributed by atoms with van der Waals surface area (Å²) in [5.74, 6) is 0. The van der Waals surface area contributed by atoms with Crippen molar-refractivity contribution < 1.29 is 9.22 Å². The first-order valence-electron chi connectivity index (χ1n) is 11.9. The predicted octanol–water partition coefficient (Wildman–Crippen LogP) is 7.74. The molecule has 1 rings (SSSR count). The summed E-state index contributed by atoms with van der Waals surface area (Å²) in [4.78, 5) is 12.4. The smallest absolute Gasteiger partial charge is 0.261 e. The highest BCUT2D eigenvalue weighted by Crippen LogP contribution is 2.24. The summed E-state index contributed by atoms with van der Waals surface area (Å²) >= 11 is 0. The van der Waals surface area contributed by atoms with E-state index in [1.54, 1.807) is 0 Å². The molecule has 1 atom stereocenters. The maximum Gasteiger partial charge on any atom is 0.261 e. The van der Waals surface area contributed by atoms with E-state index in [9.17, 15) is 4.79 Å². The van der Waals surface area contributed by atoms with Crippen molar-refractivity contribution in [2.45, 2.75) is 135 Å². The van der Waals surface area contributed by atoms with Crippen LogP contribution in [0.25, 0.3) is 0 Å². The highest BCUT2D eigenvalue weighted by atomic mass is 28.4. The highest BCUT2D eigenvalue weighted by Gasteiger charge is 2.38. The summed E-state index contributed by atoms with van der Waals surface area (Å²) in [5.41, 5.74) is 0. The molecule has 0 bridgehead atoms. The Morgan fingerprint density at radius 1 is 0.731 bits per heavy atom. The molecule has 3 heteroatoms. The van der Waals surface area contributed by atoms with Crippen LogP contribution < -0.4 is 0 Å². The zero-order valence-corrected chi connectivity index (χ0v) is 19.0. The fraction of sp³-hybridized carbons (Fsp3) is 0.957. The van der Waals surface area contributed by atoms with Crippen LogP contribution in [0.2, 0.25) is 12.6 Å². The molecule has 1 fully saturated rings. The highest BCUT2D eigenvalue weighted by molar-refractivity contribution is 7.00. The van der Waals surface area contributed by atoms with Crippen LogP contribution in [0, 0.1) is 0 Å². The summed E-state index contributed by atoms with van der Waals surface area (Å²) in [6.07, 6.45) is 23.8. The van der Waals surface area contributed by atoms with Crippen LogP contribution in [-0.4, -0.2) is 20.3 Å². The molecule has 0 aromatic carbocycles. The van der Waals surface area contributed by atoms with Gasteiger partial charge in [0.2, 0.25) is 0 Å². The molecule has 2 nitrogen and oxygen atoms in total. The molecule has 0 aromatic heterocycles. The number of carbonyl (C=O) groups excluding carboxylic acids is 1. The van der Waals surface area contributed by atoms with Crippen LogP contribution in [0.3, 0.4) is 0 Å². The summed E-state index contributed by atoms with van der Waals surface area (Å²) in [7, 11) is -1.99. The zero-order valence-electron chi connectivity index (χ0n) is 18.0. The van der Waals surface area contributed by atoms with Crippen molar-refractivity contribution in [1.29, 1.82) is 0 Å². The Morgan fingerprint density at radius 3 is 1.62 bits per heavy atom. The molecule has 154 valence electrons. The van der Waals surface area contributed by atoms with E-state index in [-0.39, 0.29) is 0 Å². The normalized spacial score (nSPS) is 20.4. The zero-order chi connectivity index (χ0) is 18.9. The van der Waals surface area contributed by atoms with Crippen LogP contribution in [0.15, 0.2) is 0 Å². The van der Waals surface area contributed by atoms with Gasteiger partial charge in [-0.1, -0.05) is 103 Å². The Morgan fingerprint density at radius 2 is 1.19 bits per heavy atom. The standard InChI is InChI=1S/C23H46O2Si/c1-3-4-5-6-7-8-9-10-11-12-13-14-15-16-17-20-23(24)26(2)22-19-18-21-25-26/h3-22H2,1-2H3. The first-order valence-corrected chi connectivity index (χ1v) is 14.5. The van der Waals surface area contributed by atoms with Gasteiger partial charge in [-0.05, 0) is 25.4 Å². The lowest BCUT2D eigenvalue weighted by atomic mass is 10.0. The van der Waals surface area contributed by atoms with Gasteiger partial charge in [0.15, 0.2) is 0 Å². The fourth-order valence-corrected chi connectivity index (χ4v) is 6.88. The second kappa shape index (κ2) is 15.9. The molecule has 0 aromatic rings. The lowest BCUT2D eigenvalue weighted by Gasteiger charge is -2.29. The van der Waals surface area contributed by atoms with E-state index in [1.807, 2.05) is 0 Å². The van der Waals surface area contributed by atoms with Crippen LogP contribution in [0.5, 0.6) is 0 Å². The van der Waals surface area contributed by atoms with Crippen molar-refractivity contribution in [2.75, 3.05) is 6.61 Å². The fourth-order valence-electron chi connectivity index (χ4n) is 4.08. The minimum atomic E-state index is -1.99. The maximum atomic E-state index is 12.4. The predicted molar refractivity (Wildman–Crippen MR) is 116 cm³/mol. The van der Waals surface area contributed by atoms with Gasteiger partial charge in [-0.15, -0.1) is 0 Å². The molecule has 26 heavy (non-hydrogen) atoms. The third kappa shape index (κ3) is 11.5. The Hall–Kier alpha value is -0.153. The monoisotopic (exact) mass is 382 g/mol. The van der Waals surface area contributed by atoms with E-state index < -0.39 is 8.32 Å². The summed E-state index contributed by atoms with van der Waals surface area (Å²) < 4.78 is 5.89. The third-order valence-electron chi connectivity index (χ3n) is 6.07. The first kappa shape index (κ1) is 23.9. The van der Waals surface area contributed by atoms with Gasteiger partial charge in [0, 0.05) is 13.0 Å². The number of unbranched alkanes of at least 4 members (excludes halogenated alkanes) is 14. The number of hydrogen-bond acceptors (Lipinski definition) is 2. The molecule has 0 spiro atoms. The molecule has 1 saturated heterocycles. The van der Waals surface area contributed by atoms with Gasteiger partial charge in [-0.2, -0.15) is 0 Å². The second-order valence-electron chi connectivity index (χ2n) is 8.66. The minimum Gasteiger partial charge on any atom is -0.409 e. The lowest BCUT2D eigenvalue weighted by molar-refractivity contribution is -0.114. The van der Waals surface area contributed by atoms with Gasteiger partial charge in [0.05, 0.1) is 0 Å². The van der Waals surface area contributed by atoms with Crippen LogP contribution >= 0.6 is 0 Å². The molecule has 0 amide bonds. The average Bonchev–Trinajstić information content (AvgIpc) is 2.65. The largest absolute Gasteiger partial charge is 0.409 e. The second-order valence-corrected chi connectivity index (χ2v) is 12.5. The lowest BCUT2D eigenvalue weighted by Crippen LogP contribution is -2.46. The first-order chi connectivity index (χ1) is 12.7. The van der Waals surface area contributed by atoms with Crippen LogP contribution in [0.4, 0.5) is 0 Å². The summed E-state index contributed by atoms with van der Waals surface area (Å²) in [6, 6.07) is 1.06. The van der Waals surface area contributed by atoms with Crippen molar-refractivity contribution >= 4 is 13.7 Å². The van der Waals surface area contributed by atoms with Gasteiger partial charge in [0.1, 0.15) is 5.41 Å². The van der Waals surface area contributed by atoms with E-state index in [0.29, 0.717) is 5.41 Å². The van der Waals surface area contributed by atoms with Crippen molar-refractivity contribution in [1.82, 2.24) is 0 Å². The van der Waals surface area contributed by atoms with Gasteiger partial charge < -0.3 is 9.22 Å². The van der Waals surface area contributed by atoms with E-state index in [4.69, 9.17) is 4.43 Å². The Labute approximate surface area is 165 Å². The van der Waals surface area contributed by atoms with E-state index in [0.717, 1.165) is 31.9 Å². The molecule has 0 saturated carbocycles. The third-order valence-corrected chi connectivity index (χ3v) is 9.64. The summed E-state index contributed by atoms with van der Waals surface area (Å²) in [5, 5.41) is 0.479. The van der Waals surface area contributed by atoms with Gasteiger partial charge in [-0.25, -0.2) is 0 Å². The van der Waals surface area contributed by atoms with Gasteiger partial charge in [-0.3, -0.25) is 0 Å². The topological polar surface area (TPSA) is 26.3 Å². The molecule has 0 radical (unpaired) electrons. The quantitative estimate of drug-likeness (QED) is 0.190. The molecule has 1 heterocycles. The maximum absolute atomic E-state index is 12.4. The van der Waals surface area contributed by atoms with Crippen molar-refractivity contribution in [3.05, 3.63) is 0 Å². The molecule has 1 aliphatic heterocycles. The Kier molecular flexibility index (Phi) is 14.6. The van der Waals surface area contributed by atoms with Crippen LogP contribution in [0.1, 0.15) is 122 Å². The van der Waals surface area contributed by atoms with E-state index >= 15 is 0 Å². The Balaban J connectivity index is 1.80. The van der Waals surface area contributed by atoms with Crippen molar-refractivity contribution in [3.63, 3.8) is 0 Å². The van der Waals surface area contributed by atoms with Crippen molar-refractivity contribution in [3.8, 4) is 0 Å². The molecule has 1 unspecified atom stereocenters. The van der Waals surface area contributed by atoms with Crippen molar-refractivity contribution in [2.24, 2.45) is 0 Å². The molecule has 1 aliphatic rings.